The molecular formula is C12H17NO4S2. The first-order valence-corrected chi connectivity index (χ1v) is 8.80. The van der Waals surface area contributed by atoms with Crippen LogP contribution >= 0.6 is 11.3 Å². The van der Waals surface area contributed by atoms with Gasteiger partial charge < -0.3 is 5.11 Å². The van der Waals surface area contributed by atoms with Gasteiger partial charge in [0.15, 0.2) is 0 Å². The van der Waals surface area contributed by atoms with Gasteiger partial charge >= 0.3 is 5.97 Å². The SMILES string of the molecule is CCCCS(=O)(=O)Nc1sc2c(c1C(=O)O)CCC2. The highest BCUT2D eigenvalue weighted by Gasteiger charge is 2.28. The molecule has 0 unspecified atom stereocenters. The second-order valence-electron chi connectivity index (χ2n) is 4.64. The summed E-state index contributed by atoms with van der Waals surface area (Å²) in [7, 11) is -3.44. The van der Waals surface area contributed by atoms with E-state index in [9.17, 15) is 18.3 Å². The molecule has 1 heterocycles. The summed E-state index contributed by atoms with van der Waals surface area (Å²) in [5.74, 6) is -1.02. The van der Waals surface area contributed by atoms with Crippen LogP contribution in [0.4, 0.5) is 5.00 Å². The number of carboxylic acids is 1. The van der Waals surface area contributed by atoms with Crippen molar-refractivity contribution >= 4 is 32.3 Å². The van der Waals surface area contributed by atoms with Gasteiger partial charge in [0.2, 0.25) is 10.0 Å². The predicted octanol–water partition coefficient (Wildman–Crippen LogP) is 2.48. The molecule has 2 N–H and O–H groups in total. The van der Waals surface area contributed by atoms with Crippen LogP contribution in [0.3, 0.4) is 0 Å². The molecule has 0 radical (unpaired) electrons. The number of anilines is 1. The number of fused-ring (bicyclic) bond motifs is 1. The first-order chi connectivity index (χ1) is 8.94. The molecular weight excluding hydrogens is 286 g/mol. The normalized spacial score (nSPS) is 14.4. The minimum atomic E-state index is -3.44. The third-order valence-corrected chi connectivity index (χ3v) is 5.83. The summed E-state index contributed by atoms with van der Waals surface area (Å²) in [4.78, 5) is 12.3. The largest absolute Gasteiger partial charge is 0.478 e. The van der Waals surface area contributed by atoms with E-state index in [0.29, 0.717) is 6.42 Å². The van der Waals surface area contributed by atoms with Crippen molar-refractivity contribution in [3.8, 4) is 0 Å². The van der Waals surface area contributed by atoms with Crippen LogP contribution < -0.4 is 4.72 Å². The molecule has 0 amide bonds. The molecule has 1 aliphatic rings. The quantitative estimate of drug-likeness (QED) is 0.845. The Hall–Kier alpha value is -1.08. The van der Waals surface area contributed by atoms with Gasteiger partial charge in [0, 0.05) is 4.88 Å². The molecule has 0 bridgehead atoms. The van der Waals surface area contributed by atoms with E-state index >= 15 is 0 Å². The summed E-state index contributed by atoms with van der Waals surface area (Å²) >= 11 is 1.27. The van der Waals surface area contributed by atoms with Crippen LogP contribution in [0.1, 0.15) is 47.0 Å². The lowest BCUT2D eigenvalue weighted by atomic mass is 10.1. The maximum atomic E-state index is 11.9. The van der Waals surface area contributed by atoms with E-state index in [2.05, 4.69) is 4.72 Å². The number of aromatic carboxylic acids is 1. The van der Waals surface area contributed by atoms with E-state index < -0.39 is 16.0 Å². The van der Waals surface area contributed by atoms with Crippen LogP contribution in [-0.4, -0.2) is 25.2 Å². The number of sulfonamides is 1. The van der Waals surface area contributed by atoms with Gasteiger partial charge in [-0.3, -0.25) is 4.72 Å². The molecule has 0 atom stereocenters. The zero-order chi connectivity index (χ0) is 14.0. The number of nitrogens with one attached hydrogen (secondary N) is 1. The first kappa shape index (κ1) is 14.3. The fourth-order valence-electron chi connectivity index (χ4n) is 2.23. The number of aryl methyl sites for hydroxylation is 1. The second kappa shape index (κ2) is 5.50. The number of carbonyl (C=O) groups is 1. The highest BCUT2D eigenvalue weighted by atomic mass is 32.2. The van der Waals surface area contributed by atoms with Crippen LogP contribution in [0.2, 0.25) is 0 Å². The van der Waals surface area contributed by atoms with E-state index in [1.807, 2.05) is 6.92 Å². The Kier molecular flexibility index (Phi) is 4.15. The molecule has 0 aromatic carbocycles. The van der Waals surface area contributed by atoms with Gasteiger partial charge in [-0.2, -0.15) is 0 Å². The molecule has 19 heavy (non-hydrogen) atoms. The molecule has 106 valence electrons. The maximum absolute atomic E-state index is 11.9. The minimum Gasteiger partial charge on any atom is -0.478 e. The summed E-state index contributed by atoms with van der Waals surface area (Å²) in [5, 5.41) is 9.54. The van der Waals surface area contributed by atoms with Crippen molar-refractivity contribution in [2.45, 2.75) is 39.0 Å². The van der Waals surface area contributed by atoms with E-state index in [1.54, 1.807) is 0 Å². The highest BCUT2D eigenvalue weighted by molar-refractivity contribution is 7.92. The number of unbranched alkanes of at least 4 members (excludes halogenated alkanes) is 1. The lowest BCUT2D eigenvalue weighted by molar-refractivity contribution is 0.0697. The number of carboxylic acid groups (broad SMARTS) is 1. The summed E-state index contributed by atoms with van der Waals surface area (Å²) in [6, 6.07) is 0. The predicted molar refractivity (Wildman–Crippen MR) is 75.6 cm³/mol. The van der Waals surface area contributed by atoms with E-state index in [4.69, 9.17) is 0 Å². The summed E-state index contributed by atoms with van der Waals surface area (Å²) in [5.41, 5.74) is 0.961. The van der Waals surface area contributed by atoms with Crippen LogP contribution in [0, 0.1) is 0 Å². The van der Waals surface area contributed by atoms with E-state index in [1.165, 1.54) is 11.3 Å². The maximum Gasteiger partial charge on any atom is 0.339 e. The average Bonchev–Trinajstić information content (AvgIpc) is 2.85. The number of hydrogen-bond donors (Lipinski definition) is 2. The fraction of sp³-hybridized carbons (Fsp3) is 0.583. The number of thiophene rings is 1. The third kappa shape index (κ3) is 3.09. The van der Waals surface area contributed by atoms with Gasteiger partial charge in [0.05, 0.1) is 11.3 Å². The second-order valence-corrected chi connectivity index (χ2v) is 7.59. The topological polar surface area (TPSA) is 83.5 Å². The van der Waals surface area contributed by atoms with Crippen LogP contribution in [0.25, 0.3) is 0 Å². The molecule has 1 aromatic rings. The lowest BCUT2D eigenvalue weighted by Crippen LogP contribution is -2.17. The summed E-state index contributed by atoms with van der Waals surface area (Å²) in [6.45, 7) is 1.91. The van der Waals surface area contributed by atoms with Crippen molar-refractivity contribution in [1.82, 2.24) is 0 Å². The van der Waals surface area contributed by atoms with Crippen molar-refractivity contribution < 1.29 is 18.3 Å². The molecule has 5 nitrogen and oxygen atoms in total. The Morgan fingerprint density at radius 1 is 1.42 bits per heavy atom. The van der Waals surface area contributed by atoms with Crippen LogP contribution in [0.5, 0.6) is 0 Å². The molecule has 0 saturated heterocycles. The Balaban J connectivity index is 2.29. The van der Waals surface area contributed by atoms with Crippen molar-refractivity contribution in [1.29, 1.82) is 0 Å². The van der Waals surface area contributed by atoms with Gasteiger partial charge in [0.25, 0.3) is 0 Å². The molecule has 2 rings (SSSR count). The first-order valence-electron chi connectivity index (χ1n) is 6.33. The smallest absolute Gasteiger partial charge is 0.339 e. The minimum absolute atomic E-state index is 0.0329. The zero-order valence-corrected chi connectivity index (χ0v) is 12.4. The molecule has 0 aliphatic heterocycles. The van der Waals surface area contributed by atoms with Crippen molar-refractivity contribution in [3.05, 3.63) is 16.0 Å². The standard InChI is InChI=1S/C12H17NO4S2/c1-2-3-7-19(16,17)13-11-10(12(14)15)8-5-4-6-9(8)18-11/h13H,2-7H2,1H3,(H,14,15). The molecule has 0 fully saturated rings. The van der Waals surface area contributed by atoms with Gasteiger partial charge in [-0.1, -0.05) is 13.3 Å². The van der Waals surface area contributed by atoms with Crippen molar-refractivity contribution in [2.75, 3.05) is 10.5 Å². The molecule has 0 saturated carbocycles. The Morgan fingerprint density at radius 3 is 2.79 bits per heavy atom. The number of hydrogen-bond acceptors (Lipinski definition) is 4. The highest BCUT2D eigenvalue weighted by Crippen LogP contribution is 2.39. The van der Waals surface area contributed by atoms with Crippen LogP contribution in [0.15, 0.2) is 0 Å². The molecule has 7 heteroatoms. The zero-order valence-electron chi connectivity index (χ0n) is 10.7. The lowest BCUT2D eigenvalue weighted by Gasteiger charge is -2.07. The monoisotopic (exact) mass is 303 g/mol. The number of rotatable bonds is 6. The Morgan fingerprint density at radius 2 is 2.16 bits per heavy atom. The van der Waals surface area contributed by atoms with Gasteiger partial charge in [0.1, 0.15) is 5.00 Å². The average molecular weight is 303 g/mol. The van der Waals surface area contributed by atoms with E-state index in [0.717, 1.165) is 36.1 Å². The molecule has 0 spiro atoms. The molecule has 1 aromatic heterocycles. The summed E-state index contributed by atoms with van der Waals surface area (Å²) < 4.78 is 26.2. The van der Waals surface area contributed by atoms with Gasteiger partial charge in [-0.05, 0) is 31.2 Å². The van der Waals surface area contributed by atoms with Gasteiger partial charge in [-0.15, -0.1) is 11.3 Å². The van der Waals surface area contributed by atoms with E-state index in [-0.39, 0.29) is 16.3 Å². The Bertz CT molecular complexity index is 589. The van der Waals surface area contributed by atoms with Crippen LogP contribution in [-0.2, 0) is 22.9 Å². The summed E-state index contributed by atoms with van der Waals surface area (Å²) in [6.07, 6.45) is 3.88. The third-order valence-electron chi connectivity index (χ3n) is 3.15. The van der Waals surface area contributed by atoms with Crippen molar-refractivity contribution in [2.24, 2.45) is 0 Å². The van der Waals surface area contributed by atoms with Crippen molar-refractivity contribution in [3.63, 3.8) is 0 Å². The molecule has 1 aliphatic carbocycles. The van der Waals surface area contributed by atoms with Gasteiger partial charge in [-0.25, -0.2) is 13.2 Å². The fourth-order valence-corrected chi connectivity index (χ4v) is 5.06. The Labute approximate surface area is 116 Å².